The van der Waals surface area contributed by atoms with E-state index in [1.165, 1.54) is 61.2 Å². The Labute approximate surface area is 199 Å². The highest BCUT2D eigenvalue weighted by Gasteiger charge is 2.52. The van der Waals surface area contributed by atoms with Gasteiger partial charge in [-0.05, 0) is 61.2 Å². The van der Waals surface area contributed by atoms with Crippen LogP contribution in [-0.2, 0) is 5.41 Å². The lowest BCUT2D eigenvalue weighted by Crippen LogP contribution is -2.27. The van der Waals surface area contributed by atoms with E-state index in [1.807, 2.05) is 0 Å². The van der Waals surface area contributed by atoms with Crippen molar-refractivity contribution in [3.05, 3.63) is 160 Å². The number of benzene rings is 5. The van der Waals surface area contributed by atoms with Gasteiger partial charge >= 0.3 is 0 Å². The number of fused-ring (bicyclic) bond motifs is 11. The van der Waals surface area contributed by atoms with Crippen molar-refractivity contribution in [2.45, 2.75) is 11.3 Å². The molecule has 3 aliphatic carbocycles. The van der Waals surface area contributed by atoms with E-state index in [-0.39, 0.29) is 11.3 Å². The van der Waals surface area contributed by atoms with E-state index in [0.717, 1.165) is 0 Å². The van der Waals surface area contributed by atoms with Gasteiger partial charge in [0.1, 0.15) is 0 Å². The highest BCUT2D eigenvalue weighted by molar-refractivity contribution is 5.96. The molecule has 5 aromatic rings. The molecule has 1 unspecified atom stereocenters. The van der Waals surface area contributed by atoms with E-state index >= 15 is 0 Å². The lowest BCUT2D eigenvalue weighted by molar-refractivity contribution is 0.774. The fourth-order valence-corrected chi connectivity index (χ4v) is 6.97. The van der Waals surface area contributed by atoms with Gasteiger partial charge in [-0.15, -0.1) is 0 Å². The molecule has 34 heavy (non-hydrogen) atoms. The van der Waals surface area contributed by atoms with E-state index in [9.17, 15) is 0 Å². The lowest BCUT2D eigenvalue weighted by Gasteiger charge is -2.33. The maximum absolute atomic E-state index is 2.39. The standard InChI is InChI=1S/C34H22/c1-2-11-23-22(10-1)20-21-24(23)28-15-9-16-29-27-14-5-8-19-32(27)34(33(28)29)30-17-6-3-12-25(30)26-13-4-7-18-31(26)34/h1-21,24H. The topological polar surface area (TPSA) is 0 Å². The first-order chi connectivity index (χ1) is 16.9. The highest BCUT2D eigenvalue weighted by atomic mass is 14.5. The second-order valence-corrected chi connectivity index (χ2v) is 9.62. The third-order valence-corrected chi connectivity index (χ3v) is 8.18. The zero-order valence-corrected chi connectivity index (χ0v) is 18.7. The van der Waals surface area contributed by atoms with Crippen LogP contribution in [0.3, 0.4) is 0 Å². The second-order valence-electron chi connectivity index (χ2n) is 9.62. The van der Waals surface area contributed by atoms with Gasteiger partial charge in [0.15, 0.2) is 0 Å². The Hall–Kier alpha value is -4.16. The first-order valence-electron chi connectivity index (χ1n) is 12.1. The zero-order chi connectivity index (χ0) is 22.3. The van der Waals surface area contributed by atoms with Gasteiger partial charge in [-0.3, -0.25) is 0 Å². The smallest absolute Gasteiger partial charge is 0.0720 e. The zero-order valence-electron chi connectivity index (χ0n) is 18.7. The summed E-state index contributed by atoms with van der Waals surface area (Å²) in [4.78, 5) is 0. The van der Waals surface area contributed by atoms with Crippen molar-refractivity contribution in [1.29, 1.82) is 0 Å². The molecule has 0 nitrogen and oxygen atoms in total. The Bertz CT molecular complexity index is 1600. The Morgan fingerprint density at radius 1 is 0.441 bits per heavy atom. The fourth-order valence-electron chi connectivity index (χ4n) is 6.97. The molecule has 0 saturated carbocycles. The number of hydrogen-bond donors (Lipinski definition) is 0. The van der Waals surface area contributed by atoms with Gasteiger partial charge in [0, 0.05) is 5.92 Å². The van der Waals surface area contributed by atoms with Crippen molar-refractivity contribution in [1.82, 2.24) is 0 Å². The van der Waals surface area contributed by atoms with Crippen LogP contribution < -0.4 is 0 Å². The summed E-state index contributed by atoms with van der Waals surface area (Å²) >= 11 is 0. The van der Waals surface area contributed by atoms with Gasteiger partial charge in [0.25, 0.3) is 0 Å². The molecule has 8 rings (SSSR count). The molecule has 0 amide bonds. The van der Waals surface area contributed by atoms with E-state index < -0.39 is 0 Å². The lowest BCUT2D eigenvalue weighted by atomic mass is 9.68. The van der Waals surface area contributed by atoms with Gasteiger partial charge in [-0.25, -0.2) is 0 Å². The Morgan fingerprint density at radius 3 is 1.62 bits per heavy atom. The minimum absolute atomic E-state index is 0.261. The van der Waals surface area contributed by atoms with Crippen LogP contribution in [0.2, 0.25) is 0 Å². The van der Waals surface area contributed by atoms with E-state index in [4.69, 9.17) is 0 Å². The summed E-state index contributed by atoms with van der Waals surface area (Å²) in [5.74, 6) is 0.261. The second kappa shape index (κ2) is 6.46. The first-order valence-corrected chi connectivity index (χ1v) is 12.1. The van der Waals surface area contributed by atoms with Crippen LogP contribution in [0.15, 0.2) is 121 Å². The van der Waals surface area contributed by atoms with Crippen molar-refractivity contribution >= 4 is 6.08 Å². The summed E-state index contributed by atoms with van der Waals surface area (Å²) in [6, 6.07) is 43.0. The van der Waals surface area contributed by atoms with Crippen LogP contribution in [0.25, 0.3) is 28.3 Å². The third-order valence-electron chi connectivity index (χ3n) is 8.18. The Kier molecular flexibility index (Phi) is 3.47. The molecular weight excluding hydrogens is 408 g/mol. The maximum Gasteiger partial charge on any atom is 0.0728 e. The SMILES string of the molecule is C1=CC(c2cccc3c2C2(c4ccccc4-c4ccccc42)c2ccccc2-3)c2ccccc21. The number of hydrogen-bond acceptors (Lipinski definition) is 0. The molecule has 0 saturated heterocycles. The molecule has 3 aliphatic rings. The van der Waals surface area contributed by atoms with Crippen molar-refractivity contribution in [2.75, 3.05) is 0 Å². The Morgan fingerprint density at radius 2 is 0.941 bits per heavy atom. The first kappa shape index (κ1) is 18.3. The highest BCUT2D eigenvalue weighted by Crippen LogP contribution is 2.64. The van der Waals surface area contributed by atoms with Gasteiger partial charge in [-0.1, -0.05) is 127 Å². The molecule has 0 aromatic heterocycles. The van der Waals surface area contributed by atoms with Crippen LogP contribution in [0.1, 0.15) is 44.9 Å². The van der Waals surface area contributed by atoms with E-state index in [2.05, 4.69) is 127 Å². The van der Waals surface area contributed by atoms with Crippen LogP contribution in [-0.4, -0.2) is 0 Å². The molecule has 1 spiro atoms. The molecule has 0 radical (unpaired) electrons. The minimum Gasteiger partial charge on any atom is -0.0720 e. The maximum atomic E-state index is 2.39. The van der Waals surface area contributed by atoms with Crippen molar-refractivity contribution in [3.8, 4) is 22.3 Å². The van der Waals surface area contributed by atoms with Crippen LogP contribution in [0, 0.1) is 0 Å². The van der Waals surface area contributed by atoms with Gasteiger partial charge in [-0.2, -0.15) is 0 Å². The van der Waals surface area contributed by atoms with Crippen molar-refractivity contribution in [2.24, 2.45) is 0 Å². The summed E-state index contributed by atoms with van der Waals surface area (Å²) in [6.45, 7) is 0. The molecule has 0 aliphatic heterocycles. The van der Waals surface area contributed by atoms with Crippen LogP contribution >= 0.6 is 0 Å². The third kappa shape index (κ3) is 2.05. The van der Waals surface area contributed by atoms with E-state index in [1.54, 1.807) is 0 Å². The Balaban J connectivity index is 1.54. The quantitative estimate of drug-likeness (QED) is 0.246. The predicted octanol–water partition coefficient (Wildman–Crippen LogP) is 8.19. The molecule has 158 valence electrons. The molecule has 0 heteroatoms. The molecule has 0 N–H and O–H groups in total. The summed E-state index contributed by atoms with van der Waals surface area (Å²) in [7, 11) is 0. The average molecular weight is 431 g/mol. The largest absolute Gasteiger partial charge is 0.0728 e. The summed E-state index contributed by atoms with van der Waals surface area (Å²) in [6.07, 6.45) is 4.69. The fraction of sp³-hybridized carbons (Fsp3) is 0.0588. The molecule has 0 fully saturated rings. The van der Waals surface area contributed by atoms with Gasteiger partial charge < -0.3 is 0 Å². The normalized spacial score (nSPS) is 17.2. The number of rotatable bonds is 1. The molecule has 0 heterocycles. The van der Waals surface area contributed by atoms with E-state index in [0.29, 0.717) is 0 Å². The van der Waals surface area contributed by atoms with Gasteiger partial charge in [0.05, 0.1) is 5.41 Å². The van der Waals surface area contributed by atoms with Crippen LogP contribution in [0.5, 0.6) is 0 Å². The average Bonchev–Trinajstić information content (AvgIpc) is 3.56. The van der Waals surface area contributed by atoms with Gasteiger partial charge in [0.2, 0.25) is 0 Å². The van der Waals surface area contributed by atoms with Crippen LogP contribution in [0.4, 0.5) is 0 Å². The molecular formula is C34H22. The van der Waals surface area contributed by atoms with Crippen molar-refractivity contribution < 1.29 is 0 Å². The van der Waals surface area contributed by atoms with Crippen molar-refractivity contribution in [3.63, 3.8) is 0 Å². The summed E-state index contributed by atoms with van der Waals surface area (Å²) in [5.41, 5.74) is 15.0. The molecule has 0 bridgehead atoms. The predicted molar refractivity (Wildman–Crippen MR) is 140 cm³/mol. The minimum atomic E-state index is -0.291. The molecule has 5 aromatic carbocycles. The molecule has 1 atom stereocenters. The monoisotopic (exact) mass is 430 g/mol. The number of allylic oxidation sites excluding steroid dienone is 1. The summed E-state index contributed by atoms with van der Waals surface area (Å²) in [5, 5.41) is 0. The summed E-state index contributed by atoms with van der Waals surface area (Å²) < 4.78 is 0.